The second-order valence-electron chi connectivity index (χ2n) is 4.28. The Kier molecular flexibility index (Phi) is 4.30. The molecule has 0 unspecified atom stereocenters. The molecule has 0 aliphatic rings. The minimum Gasteiger partial charge on any atom is -0.263 e. The van der Waals surface area contributed by atoms with Gasteiger partial charge in [-0.25, -0.2) is 0 Å². The van der Waals surface area contributed by atoms with Crippen LogP contribution < -0.4 is 0 Å². The third-order valence-electron chi connectivity index (χ3n) is 3.00. The molecule has 0 atom stereocenters. The van der Waals surface area contributed by atoms with Gasteiger partial charge in [-0.05, 0) is 23.9 Å². The van der Waals surface area contributed by atoms with Crippen LogP contribution in [0.3, 0.4) is 0 Å². The summed E-state index contributed by atoms with van der Waals surface area (Å²) < 4.78 is 0. The van der Waals surface area contributed by atoms with Gasteiger partial charge in [-0.2, -0.15) is 0 Å². The first-order valence-corrected chi connectivity index (χ1v) is 6.74. The third-order valence-corrected chi connectivity index (χ3v) is 3.00. The van der Waals surface area contributed by atoms with E-state index in [0.717, 1.165) is 0 Å². The van der Waals surface area contributed by atoms with Gasteiger partial charge in [0.15, 0.2) is 0 Å². The zero-order valence-corrected chi connectivity index (χ0v) is 11.7. The van der Waals surface area contributed by atoms with Crippen LogP contribution in [0.1, 0.15) is 19.4 Å². The molecule has 1 heteroatoms. The Bertz CT molecular complexity index is 657. The summed E-state index contributed by atoms with van der Waals surface area (Å²) in [6, 6.07) is 16.9. The Hall–Kier alpha value is -2.15. The molecular formula is C18H19N. The molecule has 0 aliphatic heterocycles. The van der Waals surface area contributed by atoms with Gasteiger partial charge in [0, 0.05) is 23.3 Å². The lowest BCUT2D eigenvalue weighted by Crippen LogP contribution is -1.84. The number of pyridine rings is 1. The SMILES string of the molecule is CC.Cc1ccc2c(-c3ccccc3)cncc2c1. The highest BCUT2D eigenvalue weighted by molar-refractivity contribution is 5.95. The van der Waals surface area contributed by atoms with Crippen molar-refractivity contribution in [2.75, 3.05) is 0 Å². The monoisotopic (exact) mass is 249 g/mol. The number of hydrogen-bond donors (Lipinski definition) is 0. The molecule has 0 aliphatic carbocycles. The number of nitrogens with zero attached hydrogens (tertiary/aromatic N) is 1. The van der Waals surface area contributed by atoms with Crippen molar-refractivity contribution < 1.29 is 0 Å². The van der Waals surface area contributed by atoms with Gasteiger partial charge < -0.3 is 0 Å². The minimum atomic E-state index is 1.20. The second-order valence-corrected chi connectivity index (χ2v) is 4.28. The Labute approximate surface area is 114 Å². The number of benzene rings is 2. The highest BCUT2D eigenvalue weighted by Crippen LogP contribution is 2.27. The standard InChI is InChI=1S/C16H13N.C2H6/c1-12-7-8-15-14(9-12)10-17-11-16(15)13-5-3-2-4-6-13;1-2/h2-11H,1H3;1-2H3. The van der Waals surface area contributed by atoms with Gasteiger partial charge in [0.25, 0.3) is 0 Å². The summed E-state index contributed by atoms with van der Waals surface area (Å²) in [5, 5.41) is 2.46. The fraction of sp³-hybridized carbons (Fsp3) is 0.167. The lowest BCUT2D eigenvalue weighted by Gasteiger charge is -2.06. The largest absolute Gasteiger partial charge is 0.263 e. The molecule has 0 saturated heterocycles. The average molecular weight is 249 g/mol. The first-order chi connectivity index (χ1) is 9.34. The Morgan fingerprint density at radius 1 is 0.842 bits per heavy atom. The van der Waals surface area contributed by atoms with Crippen molar-refractivity contribution in [3.63, 3.8) is 0 Å². The zero-order chi connectivity index (χ0) is 13.7. The van der Waals surface area contributed by atoms with Gasteiger partial charge in [-0.1, -0.05) is 61.9 Å². The van der Waals surface area contributed by atoms with Gasteiger partial charge in [0.2, 0.25) is 0 Å². The smallest absolute Gasteiger partial charge is 0.0352 e. The van der Waals surface area contributed by atoms with Crippen LogP contribution in [0.5, 0.6) is 0 Å². The van der Waals surface area contributed by atoms with Crippen LogP contribution in [0.2, 0.25) is 0 Å². The van der Waals surface area contributed by atoms with Crippen LogP contribution in [-0.2, 0) is 0 Å². The van der Waals surface area contributed by atoms with E-state index in [-0.39, 0.29) is 0 Å². The maximum atomic E-state index is 4.33. The summed E-state index contributed by atoms with van der Waals surface area (Å²) in [5.41, 5.74) is 3.68. The summed E-state index contributed by atoms with van der Waals surface area (Å²) in [6.07, 6.45) is 3.86. The highest BCUT2D eigenvalue weighted by atomic mass is 14.6. The van der Waals surface area contributed by atoms with Crippen LogP contribution in [0.25, 0.3) is 21.9 Å². The number of fused-ring (bicyclic) bond motifs is 1. The van der Waals surface area contributed by atoms with E-state index in [4.69, 9.17) is 0 Å². The van der Waals surface area contributed by atoms with E-state index in [1.54, 1.807) is 0 Å². The summed E-state index contributed by atoms with van der Waals surface area (Å²) >= 11 is 0. The quantitative estimate of drug-likeness (QED) is 0.575. The molecule has 0 amide bonds. The second kappa shape index (κ2) is 6.14. The van der Waals surface area contributed by atoms with Crippen LogP contribution in [0.4, 0.5) is 0 Å². The molecule has 0 N–H and O–H groups in total. The summed E-state index contributed by atoms with van der Waals surface area (Å²) in [7, 11) is 0. The van der Waals surface area contributed by atoms with E-state index in [0.29, 0.717) is 0 Å². The first-order valence-electron chi connectivity index (χ1n) is 6.74. The minimum absolute atomic E-state index is 1.20. The van der Waals surface area contributed by atoms with Crippen molar-refractivity contribution in [1.82, 2.24) is 4.98 Å². The summed E-state index contributed by atoms with van der Waals surface area (Å²) in [5.74, 6) is 0. The predicted molar refractivity (Wildman–Crippen MR) is 83.3 cm³/mol. The fourth-order valence-electron chi connectivity index (χ4n) is 2.14. The van der Waals surface area contributed by atoms with Crippen LogP contribution >= 0.6 is 0 Å². The van der Waals surface area contributed by atoms with Gasteiger partial charge in [-0.3, -0.25) is 4.98 Å². The van der Waals surface area contributed by atoms with Gasteiger partial charge in [0.1, 0.15) is 0 Å². The molecule has 19 heavy (non-hydrogen) atoms. The Morgan fingerprint density at radius 2 is 1.58 bits per heavy atom. The van der Waals surface area contributed by atoms with Crippen LogP contribution in [0, 0.1) is 6.92 Å². The first kappa shape index (κ1) is 13.3. The molecule has 1 aromatic heterocycles. The molecule has 0 saturated carbocycles. The van der Waals surface area contributed by atoms with Gasteiger partial charge in [0.05, 0.1) is 0 Å². The van der Waals surface area contributed by atoms with Crippen molar-refractivity contribution >= 4 is 10.8 Å². The zero-order valence-electron chi connectivity index (χ0n) is 11.7. The van der Waals surface area contributed by atoms with Gasteiger partial charge >= 0.3 is 0 Å². The molecule has 1 heterocycles. The number of rotatable bonds is 1. The van der Waals surface area contributed by atoms with E-state index in [2.05, 4.69) is 54.4 Å². The fourth-order valence-corrected chi connectivity index (χ4v) is 2.14. The molecule has 0 bridgehead atoms. The van der Waals surface area contributed by atoms with E-state index in [1.165, 1.54) is 27.5 Å². The lowest BCUT2D eigenvalue weighted by molar-refractivity contribution is 1.35. The van der Waals surface area contributed by atoms with Crippen molar-refractivity contribution in [3.8, 4) is 11.1 Å². The molecule has 0 spiro atoms. The van der Waals surface area contributed by atoms with E-state index < -0.39 is 0 Å². The van der Waals surface area contributed by atoms with Crippen molar-refractivity contribution in [2.45, 2.75) is 20.8 Å². The van der Waals surface area contributed by atoms with Crippen molar-refractivity contribution in [2.24, 2.45) is 0 Å². The molecule has 0 radical (unpaired) electrons. The highest BCUT2D eigenvalue weighted by Gasteiger charge is 2.03. The lowest BCUT2D eigenvalue weighted by atomic mass is 10.00. The predicted octanol–water partition coefficient (Wildman–Crippen LogP) is 5.24. The number of aromatic nitrogens is 1. The number of aryl methyl sites for hydroxylation is 1. The molecule has 1 nitrogen and oxygen atoms in total. The van der Waals surface area contributed by atoms with E-state index in [9.17, 15) is 0 Å². The molecule has 0 fully saturated rings. The molecule has 3 aromatic rings. The molecular weight excluding hydrogens is 230 g/mol. The van der Waals surface area contributed by atoms with Crippen molar-refractivity contribution in [1.29, 1.82) is 0 Å². The number of hydrogen-bond acceptors (Lipinski definition) is 1. The normalized spacial score (nSPS) is 9.84. The maximum Gasteiger partial charge on any atom is 0.0352 e. The molecule has 96 valence electrons. The molecule has 2 aromatic carbocycles. The van der Waals surface area contributed by atoms with E-state index >= 15 is 0 Å². The Balaban J connectivity index is 0.000000637. The average Bonchev–Trinajstić information content (AvgIpc) is 2.49. The third kappa shape index (κ3) is 2.82. The van der Waals surface area contributed by atoms with Crippen LogP contribution in [-0.4, -0.2) is 4.98 Å². The summed E-state index contributed by atoms with van der Waals surface area (Å²) in [6.45, 7) is 6.11. The topological polar surface area (TPSA) is 12.9 Å². The summed E-state index contributed by atoms with van der Waals surface area (Å²) in [4.78, 5) is 4.33. The Morgan fingerprint density at radius 3 is 2.32 bits per heavy atom. The maximum absolute atomic E-state index is 4.33. The van der Waals surface area contributed by atoms with Crippen molar-refractivity contribution in [3.05, 3.63) is 66.5 Å². The van der Waals surface area contributed by atoms with Crippen LogP contribution in [0.15, 0.2) is 60.9 Å². The van der Waals surface area contributed by atoms with Gasteiger partial charge in [-0.15, -0.1) is 0 Å². The molecule has 3 rings (SSSR count). The van der Waals surface area contributed by atoms with E-state index in [1.807, 2.05) is 32.3 Å².